The Balaban J connectivity index is 2.89. The SMILES string of the molecule is CCC(C)(C)c1ccc(CC#N)cc1. The van der Waals surface area contributed by atoms with E-state index in [9.17, 15) is 0 Å². The van der Waals surface area contributed by atoms with Gasteiger partial charge < -0.3 is 0 Å². The lowest BCUT2D eigenvalue weighted by atomic mass is 9.82. The first-order valence-electron chi connectivity index (χ1n) is 5.06. The molecule has 0 saturated heterocycles. The Bertz CT molecular complexity index is 327. The molecular formula is C13H17N. The van der Waals surface area contributed by atoms with Gasteiger partial charge in [-0.3, -0.25) is 0 Å². The highest BCUT2D eigenvalue weighted by molar-refractivity contribution is 5.29. The van der Waals surface area contributed by atoms with Gasteiger partial charge in [-0.15, -0.1) is 0 Å². The Kier molecular flexibility index (Phi) is 3.30. The summed E-state index contributed by atoms with van der Waals surface area (Å²) in [5, 5.41) is 8.55. The van der Waals surface area contributed by atoms with Crippen LogP contribution in [-0.4, -0.2) is 0 Å². The van der Waals surface area contributed by atoms with Crippen LogP contribution in [0.25, 0.3) is 0 Å². The second-order valence-corrected chi connectivity index (χ2v) is 4.27. The minimum absolute atomic E-state index is 0.241. The molecule has 0 bridgehead atoms. The van der Waals surface area contributed by atoms with Crippen molar-refractivity contribution in [3.05, 3.63) is 35.4 Å². The van der Waals surface area contributed by atoms with Crippen LogP contribution >= 0.6 is 0 Å². The van der Waals surface area contributed by atoms with Crippen LogP contribution in [0.4, 0.5) is 0 Å². The zero-order valence-electron chi connectivity index (χ0n) is 9.17. The van der Waals surface area contributed by atoms with Crippen LogP contribution in [0.3, 0.4) is 0 Å². The van der Waals surface area contributed by atoms with E-state index in [4.69, 9.17) is 5.26 Å². The summed E-state index contributed by atoms with van der Waals surface area (Å²) in [6.45, 7) is 6.68. The molecule has 0 saturated carbocycles. The molecule has 1 nitrogen and oxygen atoms in total. The second-order valence-electron chi connectivity index (χ2n) is 4.27. The third kappa shape index (κ3) is 2.35. The summed E-state index contributed by atoms with van der Waals surface area (Å²) in [4.78, 5) is 0. The fourth-order valence-electron chi connectivity index (χ4n) is 1.37. The molecule has 0 heterocycles. The van der Waals surface area contributed by atoms with Gasteiger partial charge in [0.05, 0.1) is 12.5 Å². The second kappa shape index (κ2) is 4.28. The number of benzene rings is 1. The third-order valence-electron chi connectivity index (χ3n) is 2.90. The van der Waals surface area contributed by atoms with Crippen molar-refractivity contribution in [3.63, 3.8) is 0 Å². The largest absolute Gasteiger partial charge is 0.198 e. The summed E-state index contributed by atoms with van der Waals surface area (Å²) in [5.41, 5.74) is 2.69. The molecule has 0 atom stereocenters. The Hall–Kier alpha value is -1.29. The van der Waals surface area contributed by atoms with E-state index in [1.54, 1.807) is 0 Å². The number of hydrogen-bond donors (Lipinski definition) is 0. The van der Waals surface area contributed by atoms with Crippen molar-refractivity contribution >= 4 is 0 Å². The smallest absolute Gasteiger partial charge is 0.0669 e. The Morgan fingerprint density at radius 2 is 1.79 bits per heavy atom. The first-order chi connectivity index (χ1) is 6.60. The standard InChI is InChI=1S/C13H17N/c1-4-13(2,3)12-7-5-11(6-8-12)9-10-14/h5-8H,4,9H2,1-3H3. The fraction of sp³-hybridized carbons (Fsp3) is 0.462. The summed E-state index contributed by atoms with van der Waals surface area (Å²) in [6, 6.07) is 10.5. The quantitative estimate of drug-likeness (QED) is 0.711. The molecule has 0 aromatic heterocycles. The minimum atomic E-state index is 0.241. The lowest BCUT2D eigenvalue weighted by Gasteiger charge is -2.23. The van der Waals surface area contributed by atoms with Gasteiger partial charge >= 0.3 is 0 Å². The molecule has 1 heteroatoms. The molecule has 0 aliphatic carbocycles. The predicted molar refractivity (Wildman–Crippen MR) is 59.1 cm³/mol. The van der Waals surface area contributed by atoms with Crippen LogP contribution in [0, 0.1) is 11.3 Å². The van der Waals surface area contributed by atoms with E-state index in [1.807, 2.05) is 0 Å². The van der Waals surface area contributed by atoms with Crippen molar-refractivity contribution in [2.24, 2.45) is 0 Å². The van der Waals surface area contributed by atoms with Gasteiger partial charge in [-0.2, -0.15) is 5.26 Å². The van der Waals surface area contributed by atoms with Crippen molar-refractivity contribution in [2.75, 3.05) is 0 Å². The number of nitriles is 1. The van der Waals surface area contributed by atoms with Crippen molar-refractivity contribution in [3.8, 4) is 6.07 Å². The monoisotopic (exact) mass is 187 g/mol. The maximum absolute atomic E-state index is 8.55. The molecule has 0 aliphatic rings. The van der Waals surface area contributed by atoms with Crippen LogP contribution < -0.4 is 0 Å². The van der Waals surface area contributed by atoms with E-state index in [1.165, 1.54) is 5.56 Å². The summed E-state index contributed by atoms with van der Waals surface area (Å²) < 4.78 is 0. The molecule has 0 radical (unpaired) electrons. The molecule has 0 N–H and O–H groups in total. The van der Waals surface area contributed by atoms with Crippen LogP contribution in [0.15, 0.2) is 24.3 Å². The zero-order chi connectivity index (χ0) is 10.6. The van der Waals surface area contributed by atoms with Gasteiger partial charge in [0.25, 0.3) is 0 Å². The highest BCUT2D eigenvalue weighted by atomic mass is 14.2. The zero-order valence-corrected chi connectivity index (χ0v) is 9.17. The van der Waals surface area contributed by atoms with Crippen molar-refractivity contribution in [1.29, 1.82) is 5.26 Å². The molecule has 14 heavy (non-hydrogen) atoms. The van der Waals surface area contributed by atoms with Crippen LogP contribution in [0.2, 0.25) is 0 Å². The molecule has 0 aliphatic heterocycles. The average molecular weight is 187 g/mol. The van der Waals surface area contributed by atoms with Crippen LogP contribution in [-0.2, 0) is 11.8 Å². The van der Waals surface area contributed by atoms with Gasteiger partial charge in [0.1, 0.15) is 0 Å². The summed E-state index contributed by atoms with van der Waals surface area (Å²) in [5.74, 6) is 0. The molecule has 1 aromatic rings. The number of nitrogens with zero attached hydrogens (tertiary/aromatic N) is 1. The minimum Gasteiger partial charge on any atom is -0.198 e. The summed E-state index contributed by atoms with van der Waals surface area (Å²) in [7, 11) is 0. The fourth-order valence-corrected chi connectivity index (χ4v) is 1.37. The number of hydrogen-bond acceptors (Lipinski definition) is 1. The molecule has 0 unspecified atom stereocenters. The average Bonchev–Trinajstić information content (AvgIpc) is 2.19. The van der Waals surface area contributed by atoms with E-state index in [-0.39, 0.29) is 5.41 Å². The van der Waals surface area contributed by atoms with Crippen molar-refractivity contribution in [1.82, 2.24) is 0 Å². The molecule has 1 aromatic carbocycles. The predicted octanol–water partition coefficient (Wildman–Crippen LogP) is 3.44. The van der Waals surface area contributed by atoms with Crippen molar-refractivity contribution < 1.29 is 0 Å². The van der Waals surface area contributed by atoms with Crippen LogP contribution in [0.5, 0.6) is 0 Å². The molecule has 0 amide bonds. The van der Waals surface area contributed by atoms with Gasteiger partial charge in [-0.25, -0.2) is 0 Å². The Morgan fingerprint density at radius 1 is 1.21 bits per heavy atom. The van der Waals surface area contributed by atoms with E-state index < -0.39 is 0 Å². The topological polar surface area (TPSA) is 23.8 Å². The van der Waals surface area contributed by atoms with E-state index in [0.717, 1.165) is 12.0 Å². The van der Waals surface area contributed by atoms with Gasteiger partial charge in [-0.05, 0) is 23.0 Å². The molecule has 1 rings (SSSR count). The van der Waals surface area contributed by atoms with Gasteiger partial charge in [-0.1, -0.05) is 45.0 Å². The van der Waals surface area contributed by atoms with Gasteiger partial charge in [0, 0.05) is 0 Å². The Labute approximate surface area is 86.4 Å². The summed E-state index contributed by atoms with van der Waals surface area (Å²) in [6.07, 6.45) is 1.64. The van der Waals surface area contributed by atoms with Gasteiger partial charge in [0.15, 0.2) is 0 Å². The molecular weight excluding hydrogens is 170 g/mol. The molecule has 74 valence electrons. The Morgan fingerprint density at radius 3 is 2.21 bits per heavy atom. The van der Waals surface area contributed by atoms with Crippen LogP contribution in [0.1, 0.15) is 38.3 Å². The van der Waals surface area contributed by atoms with E-state index in [2.05, 4.69) is 51.1 Å². The number of rotatable bonds is 3. The van der Waals surface area contributed by atoms with E-state index in [0.29, 0.717) is 6.42 Å². The van der Waals surface area contributed by atoms with Crippen molar-refractivity contribution in [2.45, 2.75) is 39.0 Å². The van der Waals surface area contributed by atoms with E-state index >= 15 is 0 Å². The third-order valence-corrected chi connectivity index (χ3v) is 2.90. The first-order valence-corrected chi connectivity index (χ1v) is 5.06. The maximum Gasteiger partial charge on any atom is 0.0669 e. The summed E-state index contributed by atoms with van der Waals surface area (Å²) >= 11 is 0. The molecule has 0 fully saturated rings. The highest BCUT2D eigenvalue weighted by Crippen LogP contribution is 2.26. The first kappa shape index (κ1) is 10.8. The molecule has 0 spiro atoms. The highest BCUT2D eigenvalue weighted by Gasteiger charge is 2.17. The lowest BCUT2D eigenvalue weighted by Crippen LogP contribution is -2.15. The normalized spacial score (nSPS) is 11.0. The van der Waals surface area contributed by atoms with Gasteiger partial charge in [0.2, 0.25) is 0 Å². The lowest BCUT2D eigenvalue weighted by molar-refractivity contribution is 0.506. The maximum atomic E-state index is 8.55.